The molecule has 4 rings (SSSR count). The monoisotopic (exact) mass is 1120 g/mol. The van der Waals surface area contributed by atoms with Crippen LogP contribution in [0.4, 0.5) is 0 Å². The highest BCUT2D eigenvalue weighted by atomic mass is 28.6. The molecule has 0 radical (unpaired) electrons. The third kappa shape index (κ3) is 18.1. The van der Waals surface area contributed by atoms with E-state index in [1.54, 1.807) is 0 Å². The topological polar surface area (TPSA) is 93.3 Å². The van der Waals surface area contributed by atoms with Crippen LogP contribution < -0.4 is 0 Å². The van der Waals surface area contributed by atoms with Crippen LogP contribution in [0.1, 0.15) is 0 Å². The number of nitrogens with zero attached hydrogens (tertiary/aromatic N) is 6. The summed E-state index contributed by atoms with van der Waals surface area (Å²) in [5.74, 6) is 0. The van der Waals surface area contributed by atoms with Crippen molar-refractivity contribution in [1.82, 2.24) is 25.1 Å². The summed E-state index contributed by atoms with van der Waals surface area (Å²) < 4.78 is 63.2. The van der Waals surface area contributed by atoms with Gasteiger partial charge in [0.1, 0.15) is 0 Å². The molecule has 0 atom stereocenters. The zero-order valence-electron chi connectivity index (χ0n) is 44.8. The lowest BCUT2D eigenvalue weighted by atomic mass is 11.0. The normalized spacial score (nSPS) is 29.9. The van der Waals surface area contributed by atoms with Gasteiger partial charge in [0, 0.05) is 6.17 Å². The first-order valence-corrected chi connectivity index (χ1v) is 62.0. The van der Waals surface area contributed by atoms with Crippen molar-refractivity contribution in [2.45, 2.75) is 164 Å². The summed E-state index contributed by atoms with van der Waals surface area (Å²) in [7, 11) is -11.6. The third-order valence-corrected chi connectivity index (χ3v) is 93.9. The fourth-order valence-corrected chi connectivity index (χ4v) is 100. The van der Waals surface area contributed by atoms with E-state index < -0.39 is 112 Å². The summed E-state index contributed by atoms with van der Waals surface area (Å²) in [5, 5.41) is 0. The molecule has 0 aromatic carbocycles. The quantitative estimate of drug-likeness (QED) is 0.354. The van der Waals surface area contributed by atoms with E-state index in [2.05, 4.69) is 217 Å². The molecule has 4 heterocycles. The van der Waals surface area contributed by atoms with Crippen LogP contribution in [0.3, 0.4) is 0 Å². The Labute approximate surface area is 394 Å². The second kappa shape index (κ2) is 20.9. The van der Waals surface area contributed by atoms with Gasteiger partial charge in [0.15, 0.2) is 9.84 Å². The smallest absolute Gasteiger partial charge is 0.312 e. The lowest BCUT2D eigenvalue weighted by Crippen LogP contribution is -2.76. The van der Waals surface area contributed by atoms with Gasteiger partial charge in [0.2, 0.25) is 67.8 Å². The van der Waals surface area contributed by atoms with Crippen molar-refractivity contribution in [3.05, 3.63) is 0 Å². The van der Waals surface area contributed by atoms with Gasteiger partial charge in [-0.15, -0.1) is 0 Å². The van der Waals surface area contributed by atoms with Crippen molar-refractivity contribution < 1.29 is 32.9 Å². The lowest BCUT2D eigenvalue weighted by Gasteiger charge is -2.55. The molecule has 0 spiro atoms. The van der Waals surface area contributed by atoms with Crippen molar-refractivity contribution in [2.24, 2.45) is 0 Å². The molecular weight excluding hydrogens is 1020 g/mol. The number of hydrogen-bond acceptors (Lipinski definition) is 14. The summed E-state index contributed by atoms with van der Waals surface area (Å²) in [6, 6.07) is 0. The van der Waals surface area contributed by atoms with Gasteiger partial charge in [-0.1, -0.05) is 6.55 Å². The standard InChI is InChI=1S/C9H28N2O2Si4.C8H26N2O2Si4.C7H23NO2Si4.C6H21NO2Si4/c1-10(2)9-14-11-15(3,4)12-17(7,8)13-16(11,5)6;1-9(2)13-10-14(3,4)11-16(7,8)12-15(10,5)6;1-11-8-12(2,3)9-14(6,7)10-13(8,4)5;1-11(2)7(10)12(3,4)9-13(5,6)8-11/h9,14H2,1-8H3;13H2,1-8H3;11H2,1-7H3;1-6,10H3. The lowest BCUT2D eigenvalue weighted by molar-refractivity contribution is 0.320. The predicted molar refractivity (Wildman–Crippen MR) is 299 cm³/mol. The Kier molecular flexibility index (Phi) is 21.2. The molecule has 0 amide bonds. The summed E-state index contributed by atoms with van der Waals surface area (Å²) in [6.45, 7) is 57.0. The Morgan fingerprint density at radius 2 is 0.617 bits per heavy atom. The Morgan fingerprint density at radius 1 is 0.383 bits per heavy atom. The second-order valence-corrected chi connectivity index (χ2v) is 81.6. The fourth-order valence-electron chi connectivity index (χ4n) is 10.2. The summed E-state index contributed by atoms with van der Waals surface area (Å²) in [6.07, 6.45) is 1.21. The van der Waals surface area contributed by atoms with Crippen LogP contribution in [0, 0.1) is 0 Å². The SMILES string of the molecule is CN(C)C[SiH2]N1[Si](C)(C)O[Si](C)(C)O[Si]1(C)C.CN(C)[SiH2]N1[Si](C)(C)O[Si](C)(C)O[Si]1(C)C.C[SiH2]N1[Si](C)(C)O[Si](C)(C)O[Si]1(C)C.C[Si]1(C)O[Si](C)(C)N([SiH3])[Si](C)(C)O1. The number of hydrogen-bond donors (Lipinski definition) is 0. The van der Waals surface area contributed by atoms with Crippen LogP contribution in [0.25, 0.3) is 0 Å². The first kappa shape index (κ1) is 60.9. The average molecular weight is 1120 g/mol. The van der Waals surface area contributed by atoms with Crippen LogP contribution >= 0.6 is 0 Å². The molecule has 14 nitrogen and oxygen atoms in total. The summed E-state index contributed by atoms with van der Waals surface area (Å²) in [4.78, 5) is 2.29. The van der Waals surface area contributed by atoms with Crippen LogP contribution in [0.2, 0.25) is 164 Å². The van der Waals surface area contributed by atoms with Crippen molar-refractivity contribution in [3.8, 4) is 0 Å². The molecule has 4 aliphatic rings. The van der Waals surface area contributed by atoms with Gasteiger partial charge in [-0.25, -0.2) is 0 Å². The van der Waals surface area contributed by atoms with Gasteiger partial charge >= 0.3 is 34.2 Å². The van der Waals surface area contributed by atoms with Crippen LogP contribution in [0.15, 0.2) is 0 Å². The Balaban J connectivity index is 0.000000402. The zero-order valence-corrected chi connectivity index (χ0v) is 63.0. The molecular formula is C30H98N6O8Si16. The Hall–Kier alpha value is 2.91. The molecule has 4 aliphatic heterocycles. The minimum atomic E-state index is -1.87. The minimum Gasteiger partial charge on any atom is -0.425 e. The number of rotatable bonds is 6. The van der Waals surface area contributed by atoms with E-state index in [0.717, 1.165) is 10.4 Å². The van der Waals surface area contributed by atoms with E-state index in [-0.39, 0.29) is 19.4 Å². The molecule has 0 aromatic heterocycles. The van der Waals surface area contributed by atoms with E-state index in [1.165, 1.54) is 6.17 Å². The van der Waals surface area contributed by atoms with Gasteiger partial charge in [0.05, 0.1) is 29.8 Å². The van der Waals surface area contributed by atoms with Crippen LogP contribution in [0.5, 0.6) is 0 Å². The zero-order chi connectivity index (χ0) is 47.9. The average Bonchev–Trinajstić information content (AvgIpc) is 2.88. The van der Waals surface area contributed by atoms with E-state index in [1.807, 2.05) is 0 Å². The molecule has 0 N–H and O–H groups in total. The molecule has 0 saturated carbocycles. The van der Waals surface area contributed by atoms with Gasteiger partial charge < -0.3 is 58.0 Å². The molecule has 4 fully saturated rings. The molecule has 4 saturated heterocycles. The van der Waals surface area contributed by atoms with Crippen molar-refractivity contribution >= 4 is 142 Å². The highest BCUT2D eigenvalue weighted by molar-refractivity contribution is 7.03. The van der Waals surface area contributed by atoms with Crippen LogP contribution in [-0.4, -0.2) is 201 Å². The fraction of sp³-hybridized carbons (Fsp3) is 1.00. The first-order valence-electron chi connectivity index (χ1n) is 22.1. The van der Waals surface area contributed by atoms with Crippen molar-refractivity contribution in [1.29, 1.82) is 0 Å². The predicted octanol–water partition coefficient (Wildman–Crippen LogP) is 4.34. The van der Waals surface area contributed by atoms with E-state index >= 15 is 0 Å². The molecule has 30 heteroatoms. The minimum absolute atomic E-state index is 0.160. The summed E-state index contributed by atoms with van der Waals surface area (Å²) in [5.41, 5.74) is 0. The molecule has 0 aromatic rings. The Bertz CT molecular complexity index is 1330. The molecule has 360 valence electrons. The Morgan fingerprint density at radius 3 is 0.850 bits per heavy atom. The molecule has 0 aliphatic carbocycles. The highest BCUT2D eigenvalue weighted by Crippen LogP contribution is 2.35. The maximum atomic E-state index is 6.37. The molecule has 0 bridgehead atoms. The molecule has 0 unspecified atom stereocenters. The van der Waals surface area contributed by atoms with Crippen molar-refractivity contribution in [2.75, 3.05) is 34.4 Å². The van der Waals surface area contributed by atoms with E-state index in [4.69, 9.17) is 32.9 Å². The van der Waals surface area contributed by atoms with E-state index in [0.29, 0.717) is 0 Å². The first-order chi connectivity index (χ1) is 26.1. The summed E-state index contributed by atoms with van der Waals surface area (Å²) >= 11 is 0. The molecule has 60 heavy (non-hydrogen) atoms. The van der Waals surface area contributed by atoms with Gasteiger partial charge in [-0.3, -0.25) is 0 Å². The van der Waals surface area contributed by atoms with Gasteiger partial charge in [0.25, 0.3) is 0 Å². The van der Waals surface area contributed by atoms with Gasteiger partial charge in [-0.2, -0.15) is 0 Å². The maximum Gasteiger partial charge on any atom is 0.312 e. The largest absolute Gasteiger partial charge is 0.425 e. The van der Waals surface area contributed by atoms with E-state index in [9.17, 15) is 0 Å². The second-order valence-electron chi connectivity index (χ2n) is 22.9. The van der Waals surface area contributed by atoms with Gasteiger partial charge in [-0.05, 0) is 185 Å². The van der Waals surface area contributed by atoms with Crippen molar-refractivity contribution in [3.63, 3.8) is 0 Å². The third-order valence-electron chi connectivity index (χ3n) is 11.0. The van der Waals surface area contributed by atoms with Crippen LogP contribution in [-0.2, 0) is 32.9 Å². The highest BCUT2D eigenvalue weighted by Gasteiger charge is 2.57. The maximum absolute atomic E-state index is 6.37.